The van der Waals surface area contributed by atoms with E-state index in [9.17, 15) is 9.90 Å². The molecule has 2 atom stereocenters. The fourth-order valence-electron chi connectivity index (χ4n) is 4.85. The minimum absolute atomic E-state index is 0.0163. The number of carbonyl (C=O) groups excluding carboxylic acids is 1. The topological polar surface area (TPSA) is 58.6 Å². The van der Waals surface area contributed by atoms with Crippen LogP contribution in [0.2, 0.25) is 0 Å². The molecular formula is C25H37NO3. The molecule has 1 aromatic rings. The van der Waals surface area contributed by atoms with Crippen molar-refractivity contribution < 1.29 is 14.6 Å². The number of carbonyl (C=O) groups is 1. The summed E-state index contributed by atoms with van der Waals surface area (Å²) in [5.41, 5.74) is 2.01. The number of amides is 1. The first kappa shape index (κ1) is 21.7. The van der Waals surface area contributed by atoms with Crippen molar-refractivity contribution in [3.05, 3.63) is 34.9 Å². The van der Waals surface area contributed by atoms with Crippen LogP contribution in [0.15, 0.2) is 23.8 Å². The molecule has 2 N–H and O–H groups in total. The van der Waals surface area contributed by atoms with Crippen LogP contribution in [-0.4, -0.2) is 23.2 Å². The van der Waals surface area contributed by atoms with Gasteiger partial charge in [-0.1, -0.05) is 31.4 Å². The molecule has 0 spiro atoms. The van der Waals surface area contributed by atoms with Gasteiger partial charge in [-0.2, -0.15) is 0 Å². The lowest BCUT2D eigenvalue weighted by Crippen LogP contribution is -2.45. The quantitative estimate of drug-likeness (QED) is 0.484. The summed E-state index contributed by atoms with van der Waals surface area (Å²) in [4.78, 5) is 12.9. The summed E-state index contributed by atoms with van der Waals surface area (Å²) in [5, 5.41) is 14.0. The molecule has 1 aliphatic heterocycles. The Kier molecular flexibility index (Phi) is 6.03. The summed E-state index contributed by atoms with van der Waals surface area (Å²) in [6, 6.07) is 3.75. The van der Waals surface area contributed by atoms with Crippen molar-refractivity contribution in [2.75, 3.05) is 6.54 Å². The van der Waals surface area contributed by atoms with Crippen LogP contribution in [0.4, 0.5) is 0 Å². The normalized spacial score (nSPS) is 22.8. The maximum Gasteiger partial charge on any atom is 0.230 e. The van der Waals surface area contributed by atoms with E-state index < -0.39 is 5.41 Å². The summed E-state index contributed by atoms with van der Waals surface area (Å²) >= 11 is 0. The molecule has 160 valence electrons. The van der Waals surface area contributed by atoms with Gasteiger partial charge in [0.2, 0.25) is 5.91 Å². The van der Waals surface area contributed by atoms with Gasteiger partial charge in [-0.05, 0) is 71.6 Å². The van der Waals surface area contributed by atoms with E-state index in [4.69, 9.17) is 4.74 Å². The Morgan fingerprint density at radius 2 is 2.03 bits per heavy atom. The zero-order chi connectivity index (χ0) is 21.4. The maximum atomic E-state index is 12.9. The SMILES string of the molecule is CCCCCNC(=O)C(C)(C)c1cc(O)c2c(c1)OC(C)(C)[C@@H]1CC=C(C)C[C@@H]21. The fourth-order valence-corrected chi connectivity index (χ4v) is 4.85. The molecule has 0 fully saturated rings. The van der Waals surface area contributed by atoms with Gasteiger partial charge in [-0.25, -0.2) is 0 Å². The number of rotatable bonds is 6. The Morgan fingerprint density at radius 3 is 2.72 bits per heavy atom. The molecular weight excluding hydrogens is 362 g/mol. The Hall–Kier alpha value is -1.97. The fraction of sp³-hybridized carbons (Fsp3) is 0.640. The van der Waals surface area contributed by atoms with E-state index in [0.717, 1.165) is 49.0 Å². The van der Waals surface area contributed by atoms with E-state index in [1.807, 2.05) is 19.9 Å². The number of unbranched alkanes of at least 4 members (excludes halogenated alkanes) is 2. The predicted molar refractivity (Wildman–Crippen MR) is 118 cm³/mol. The van der Waals surface area contributed by atoms with Crippen LogP contribution in [-0.2, 0) is 10.2 Å². The van der Waals surface area contributed by atoms with Crippen LogP contribution >= 0.6 is 0 Å². The van der Waals surface area contributed by atoms with E-state index in [1.54, 1.807) is 6.07 Å². The lowest BCUT2D eigenvalue weighted by atomic mass is 9.66. The van der Waals surface area contributed by atoms with Crippen LogP contribution in [0.3, 0.4) is 0 Å². The van der Waals surface area contributed by atoms with Crippen molar-refractivity contribution in [3.63, 3.8) is 0 Å². The number of phenols is 1. The molecule has 4 nitrogen and oxygen atoms in total. The van der Waals surface area contributed by atoms with Gasteiger partial charge in [-0.15, -0.1) is 0 Å². The molecule has 0 radical (unpaired) electrons. The van der Waals surface area contributed by atoms with E-state index >= 15 is 0 Å². The van der Waals surface area contributed by atoms with E-state index in [0.29, 0.717) is 12.5 Å². The Bertz CT molecular complexity index is 807. The van der Waals surface area contributed by atoms with Gasteiger partial charge in [0.1, 0.15) is 17.1 Å². The van der Waals surface area contributed by atoms with E-state index in [1.165, 1.54) is 5.57 Å². The average Bonchev–Trinajstić information content (AvgIpc) is 2.63. The average molecular weight is 400 g/mol. The van der Waals surface area contributed by atoms with Crippen LogP contribution in [0.25, 0.3) is 0 Å². The zero-order valence-electron chi connectivity index (χ0n) is 18.9. The second-order valence-corrected chi connectivity index (χ2v) is 9.90. The van der Waals surface area contributed by atoms with Crippen molar-refractivity contribution in [1.82, 2.24) is 5.32 Å². The third kappa shape index (κ3) is 4.17. The first-order valence-corrected chi connectivity index (χ1v) is 11.1. The maximum absolute atomic E-state index is 12.9. The number of nitrogens with one attached hydrogen (secondary N) is 1. The van der Waals surface area contributed by atoms with Gasteiger partial charge in [0.15, 0.2) is 0 Å². The highest BCUT2D eigenvalue weighted by atomic mass is 16.5. The minimum atomic E-state index is -0.745. The third-order valence-corrected chi connectivity index (χ3v) is 6.86. The van der Waals surface area contributed by atoms with Gasteiger partial charge in [0.05, 0.1) is 5.41 Å². The number of hydrogen-bond acceptors (Lipinski definition) is 3. The van der Waals surface area contributed by atoms with Crippen LogP contribution in [0.5, 0.6) is 11.5 Å². The molecule has 0 saturated carbocycles. The van der Waals surface area contributed by atoms with Crippen molar-refractivity contribution in [1.29, 1.82) is 0 Å². The molecule has 1 aromatic carbocycles. The third-order valence-electron chi connectivity index (χ3n) is 6.86. The second-order valence-electron chi connectivity index (χ2n) is 9.90. The van der Waals surface area contributed by atoms with Gasteiger partial charge < -0.3 is 15.2 Å². The van der Waals surface area contributed by atoms with Gasteiger partial charge in [0.25, 0.3) is 0 Å². The highest BCUT2D eigenvalue weighted by molar-refractivity contribution is 5.87. The first-order valence-electron chi connectivity index (χ1n) is 11.1. The number of allylic oxidation sites excluding steroid dienone is 2. The summed E-state index contributed by atoms with van der Waals surface area (Å²) in [7, 11) is 0. The molecule has 0 saturated heterocycles. The number of phenolic OH excluding ortho intramolecular Hbond substituents is 1. The Labute approximate surface area is 175 Å². The summed E-state index contributed by atoms with van der Waals surface area (Å²) in [6.07, 6.45) is 7.44. The molecule has 0 aromatic heterocycles. The van der Waals surface area contributed by atoms with Crippen LogP contribution in [0, 0.1) is 5.92 Å². The molecule has 0 bridgehead atoms. The Balaban J connectivity index is 1.92. The number of hydrogen-bond donors (Lipinski definition) is 2. The summed E-state index contributed by atoms with van der Waals surface area (Å²) in [5.74, 6) is 1.55. The predicted octanol–water partition coefficient (Wildman–Crippen LogP) is 5.59. The van der Waals surface area contributed by atoms with Gasteiger partial charge in [-0.3, -0.25) is 4.79 Å². The molecule has 0 unspecified atom stereocenters. The van der Waals surface area contributed by atoms with Gasteiger partial charge in [0, 0.05) is 23.9 Å². The van der Waals surface area contributed by atoms with E-state index in [-0.39, 0.29) is 23.2 Å². The minimum Gasteiger partial charge on any atom is -0.508 e. The molecule has 1 amide bonds. The zero-order valence-corrected chi connectivity index (χ0v) is 18.9. The molecule has 4 heteroatoms. The summed E-state index contributed by atoms with van der Waals surface area (Å²) < 4.78 is 6.41. The van der Waals surface area contributed by atoms with Crippen molar-refractivity contribution in [2.45, 2.75) is 90.6 Å². The molecule has 3 rings (SSSR count). The van der Waals surface area contributed by atoms with Crippen molar-refractivity contribution >= 4 is 5.91 Å². The molecule has 29 heavy (non-hydrogen) atoms. The smallest absolute Gasteiger partial charge is 0.230 e. The van der Waals surface area contributed by atoms with Crippen molar-refractivity contribution in [3.8, 4) is 11.5 Å². The Morgan fingerprint density at radius 1 is 1.31 bits per heavy atom. The lowest BCUT2D eigenvalue weighted by Gasteiger charge is -2.47. The van der Waals surface area contributed by atoms with Crippen LogP contribution < -0.4 is 10.1 Å². The number of ether oxygens (including phenoxy) is 1. The van der Waals surface area contributed by atoms with E-state index in [2.05, 4.69) is 39.1 Å². The lowest BCUT2D eigenvalue weighted by molar-refractivity contribution is -0.125. The number of fused-ring (bicyclic) bond motifs is 3. The second kappa shape index (κ2) is 8.04. The standard InChI is InChI=1S/C25H37NO3/c1-7-8-9-12-26-23(28)24(3,4)17-14-20(27)22-18-13-16(2)10-11-19(18)25(5,6)29-21(22)15-17/h10,14-15,18-19,27H,7-9,11-13H2,1-6H3,(H,26,28)/t18-,19-/m1/s1. The van der Waals surface area contributed by atoms with Crippen LogP contribution in [0.1, 0.15) is 90.7 Å². The number of aromatic hydroxyl groups is 1. The molecule has 2 aliphatic rings. The highest BCUT2D eigenvalue weighted by Crippen LogP contribution is 2.54. The van der Waals surface area contributed by atoms with Gasteiger partial charge >= 0.3 is 0 Å². The molecule has 1 heterocycles. The molecule has 1 aliphatic carbocycles. The summed E-state index contributed by atoms with van der Waals surface area (Å²) in [6.45, 7) is 13.1. The monoisotopic (exact) mass is 399 g/mol. The highest BCUT2D eigenvalue weighted by Gasteiger charge is 2.46. The number of benzene rings is 1. The first-order chi connectivity index (χ1) is 13.6. The largest absolute Gasteiger partial charge is 0.508 e. The van der Waals surface area contributed by atoms with Crippen molar-refractivity contribution in [2.24, 2.45) is 5.92 Å².